The lowest BCUT2D eigenvalue weighted by Crippen LogP contribution is -1.97. The van der Waals surface area contributed by atoms with E-state index < -0.39 is 0 Å². The molecule has 2 nitrogen and oxygen atoms in total. The third-order valence-electron chi connectivity index (χ3n) is 2.34. The molecule has 1 aromatic heterocycles. The molecule has 1 N–H and O–H groups in total. The molecule has 1 aliphatic carbocycles. The first-order valence-corrected chi connectivity index (χ1v) is 5.36. The van der Waals surface area contributed by atoms with Crippen molar-refractivity contribution in [3.63, 3.8) is 0 Å². The third-order valence-corrected chi connectivity index (χ3v) is 2.94. The van der Waals surface area contributed by atoms with E-state index in [9.17, 15) is 5.11 Å². The van der Waals surface area contributed by atoms with Crippen molar-refractivity contribution in [1.29, 1.82) is 0 Å². The maximum absolute atomic E-state index is 9.63. The topological polar surface area (TPSA) is 33.1 Å². The van der Waals surface area contributed by atoms with Gasteiger partial charge < -0.3 is 5.11 Å². The lowest BCUT2D eigenvalue weighted by molar-refractivity contribution is 0.158. The van der Waals surface area contributed by atoms with Crippen LogP contribution >= 0.6 is 11.3 Å². The van der Waals surface area contributed by atoms with Crippen molar-refractivity contribution in [2.24, 2.45) is 5.92 Å². The molecule has 0 radical (unpaired) electrons. The van der Waals surface area contributed by atoms with Crippen LogP contribution in [0.2, 0.25) is 0 Å². The second-order valence-electron chi connectivity index (χ2n) is 3.45. The molecule has 0 aliphatic heterocycles. The Balaban J connectivity index is 1.79. The smallest absolute Gasteiger partial charge is 0.0968 e. The van der Waals surface area contributed by atoms with E-state index in [0.717, 1.165) is 18.0 Å². The Labute approximate surface area is 76.3 Å². The lowest BCUT2D eigenvalue weighted by atomic mass is 10.1. The summed E-state index contributed by atoms with van der Waals surface area (Å²) in [5.74, 6) is 0.901. The molecule has 0 amide bonds. The third kappa shape index (κ3) is 2.05. The van der Waals surface area contributed by atoms with Gasteiger partial charge in [0.15, 0.2) is 0 Å². The monoisotopic (exact) mass is 183 g/mol. The molecule has 0 spiro atoms. The maximum Gasteiger partial charge on any atom is 0.0968 e. The number of hydrogen-bond donors (Lipinski definition) is 1. The van der Waals surface area contributed by atoms with E-state index in [4.69, 9.17) is 0 Å². The fourth-order valence-corrected chi connectivity index (χ4v) is 1.94. The van der Waals surface area contributed by atoms with Gasteiger partial charge in [-0.25, -0.2) is 4.98 Å². The first-order valence-electron chi connectivity index (χ1n) is 4.42. The van der Waals surface area contributed by atoms with Crippen molar-refractivity contribution in [3.05, 3.63) is 16.6 Å². The summed E-state index contributed by atoms with van der Waals surface area (Å²) in [6.45, 7) is 0. The van der Waals surface area contributed by atoms with E-state index in [1.54, 1.807) is 16.8 Å². The number of rotatable bonds is 4. The maximum atomic E-state index is 9.63. The average molecular weight is 183 g/mol. The molecular weight excluding hydrogens is 170 g/mol. The number of aliphatic hydroxyl groups is 1. The molecule has 12 heavy (non-hydrogen) atoms. The summed E-state index contributed by atoms with van der Waals surface area (Å²) in [4.78, 5) is 4.08. The normalized spacial score (nSPS) is 19.4. The fraction of sp³-hybridized carbons (Fsp3) is 0.667. The van der Waals surface area contributed by atoms with Gasteiger partial charge in [0.05, 0.1) is 17.3 Å². The Morgan fingerprint density at radius 1 is 1.67 bits per heavy atom. The summed E-state index contributed by atoms with van der Waals surface area (Å²) in [6.07, 6.45) is 4.46. The predicted octanol–water partition coefficient (Wildman–Crippen LogP) is 2.37. The first kappa shape index (κ1) is 8.20. The van der Waals surface area contributed by atoms with Gasteiger partial charge >= 0.3 is 0 Å². The predicted molar refractivity (Wildman–Crippen MR) is 49.0 cm³/mol. The molecule has 0 saturated heterocycles. The molecule has 1 fully saturated rings. The standard InChI is InChI=1S/C9H13NOS/c11-9(4-3-7-1-2-7)8-5-12-6-10-8/h5-7,9,11H,1-4H2. The average Bonchev–Trinajstić information content (AvgIpc) is 2.74. The Morgan fingerprint density at radius 3 is 3.08 bits per heavy atom. The molecule has 2 rings (SSSR count). The van der Waals surface area contributed by atoms with Crippen LogP contribution in [-0.2, 0) is 0 Å². The van der Waals surface area contributed by atoms with Gasteiger partial charge in [0, 0.05) is 5.38 Å². The summed E-state index contributed by atoms with van der Waals surface area (Å²) in [7, 11) is 0. The highest BCUT2D eigenvalue weighted by Gasteiger charge is 2.22. The van der Waals surface area contributed by atoms with Gasteiger partial charge in [-0.05, 0) is 18.8 Å². The highest BCUT2D eigenvalue weighted by atomic mass is 32.1. The van der Waals surface area contributed by atoms with E-state index in [0.29, 0.717) is 0 Å². The van der Waals surface area contributed by atoms with Crippen LogP contribution in [0.4, 0.5) is 0 Å². The summed E-state index contributed by atoms with van der Waals surface area (Å²) >= 11 is 1.55. The van der Waals surface area contributed by atoms with Gasteiger partial charge in [-0.3, -0.25) is 0 Å². The van der Waals surface area contributed by atoms with Crippen LogP contribution < -0.4 is 0 Å². The SMILES string of the molecule is OC(CCC1CC1)c1cscn1. The zero-order chi connectivity index (χ0) is 8.39. The van der Waals surface area contributed by atoms with Crippen molar-refractivity contribution in [1.82, 2.24) is 4.98 Å². The second kappa shape index (κ2) is 3.54. The summed E-state index contributed by atoms with van der Waals surface area (Å²) in [5.41, 5.74) is 2.62. The first-order chi connectivity index (χ1) is 5.86. The molecular formula is C9H13NOS. The van der Waals surface area contributed by atoms with Crippen LogP contribution in [0.15, 0.2) is 10.9 Å². The van der Waals surface area contributed by atoms with Gasteiger partial charge in [-0.15, -0.1) is 11.3 Å². The Hall–Kier alpha value is -0.410. The van der Waals surface area contributed by atoms with Crippen LogP contribution in [0.1, 0.15) is 37.5 Å². The molecule has 66 valence electrons. The van der Waals surface area contributed by atoms with Gasteiger partial charge in [-0.2, -0.15) is 0 Å². The van der Waals surface area contributed by atoms with Crippen LogP contribution in [0.5, 0.6) is 0 Å². The quantitative estimate of drug-likeness (QED) is 0.777. The van der Waals surface area contributed by atoms with Crippen molar-refractivity contribution in [2.45, 2.75) is 31.8 Å². The van der Waals surface area contributed by atoms with Gasteiger partial charge in [0.2, 0.25) is 0 Å². The second-order valence-corrected chi connectivity index (χ2v) is 4.17. The molecule has 1 aromatic rings. The molecule has 1 heterocycles. The van der Waals surface area contributed by atoms with Crippen LogP contribution in [0.3, 0.4) is 0 Å². The molecule has 1 saturated carbocycles. The molecule has 1 unspecified atom stereocenters. The Morgan fingerprint density at radius 2 is 2.50 bits per heavy atom. The minimum Gasteiger partial charge on any atom is -0.387 e. The number of hydrogen-bond acceptors (Lipinski definition) is 3. The van der Waals surface area contributed by atoms with E-state index >= 15 is 0 Å². The van der Waals surface area contributed by atoms with Crippen molar-refractivity contribution in [3.8, 4) is 0 Å². The van der Waals surface area contributed by atoms with Crippen molar-refractivity contribution in [2.75, 3.05) is 0 Å². The van der Waals surface area contributed by atoms with Crippen molar-refractivity contribution < 1.29 is 5.11 Å². The molecule has 3 heteroatoms. The van der Waals surface area contributed by atoms with E-state index in [1.165, 1.54) is 19.3 Å². The number of aliphatic hydroxyl groups excluding tert-OH is 1. The zero-order valence-electron chi connectivity index (χ0n) is 6.94. The lowest BCUT2D eigenvalue weighted by Gasteiger charge is -2.05. The molecule has 0 aromatic carbocycles. The van der Waals surface area contributed by atoms with E-state index in [2.05, 4.69) is 4.98 Å². The molecule has 1 aliphatic rings. The van der Waals surface area contributed by atoms with Crippen molar-refractivity contribution >= 4 is 11.3 Å². The molecule has 0 bridgehead atoms. The van der Waals surface area contributed by atoms with Gasteiger partial charge in [0.25, 0.3) is 0 Å². The summed E-state index contributed by atoms with van der Waals surface area (Å²) in [5, 5.41) is 11.6. The minimum absolute atomic E-state index is 0.322. The summed E-state index contributed by atoms with van der Waals surface area (Å²) < 4.78 is 0. The van der Waals surface area contributed by atoms with Crippen LogP contribution in [0, 0.1) is 5.92 Å². The Kier molecular flexibility index (Phi) is 2.42. The minimum atomic E-state index is -0.322. The van der Waals surface area contributed by atoms with E-state index in [-0.39, 0.29) is 6.10 Å². The van der Waals surface area contributed by atoms with Crippen LogP contribution in [0.25, 0.3) is 0 Å². The number of thiazole rings is 1. The van der Waals surface area contributed by atoms with E-state index in [1.807, 2.05) is 5.38 Å². The highest BCUT2D eigenvalue weighted by molar-refractivity contribution is 7.07. The highest BCUT2D eigenvalue weighted by Crippen LogP contribution is 2.35. The van der Waals surface area contributed by atoms with Gasteiger partial charge in [0.1, 0.15) is 0 Å². The van der Waals surface area contributed by atoms with Gasteiger partial charge in [-0.1, -0.05) is 12.8 Å². The Bertz CT molecular complexity index is 231. The number of aromatic nitrogens is 1. The molecule has 1 atom stereocenters. The largest absolute Gasteiger partial charge is 0.387 e. The van der Waals surface area contributed by atoms with Crippen LogP contribution in [-0.4, -0.2) is 10.1 Å². The zero-order valence-corrected chi connectivity index (χ0v) is 7.76. The fourth-order valence-electron chi connectivity index (χ4n) is 1.33. The summed E-state index contributed by atoms with van der Waals surface area (Å²) in [6, 6.07) is 0. The number of nitrogens with zero attached hydrogens (tertiary/aromatic N) is 1.